The molecule has 20 heavy (non-hydrogen) atoms. The van der Waals surface area contributed by atoms with Crippen molar-refractivity contribution < 1.29 is 4.79 Å². The van der Waals surface area contributed by atoms with Crippen molar-refractivity contribution in [2.24, 2.45) is 5.92 Å². The Bertz CT molecular complexity index is 489. The van der Waals surface area contributed by atoms with Crippen LogP contribution in [0, 0.1) is 5.92 Å². The molecule has 0 atom stereocenters. The third-order valence-electron chi connectivity index (χ3n) is 3.92. The molecule has 6 heteroatoms. The minimum atomic E-state index is -0.164. The molecule has 0 aliphatic heterocycles. The van der Waals surface area contributed by atoms with Crippen LogP contribution < -0.4 is 16.0 Å². The molecule has 1 aliphatic rings. The first-order valence-electron chi connectivity index (χ1n) is 7.22. The van der Waals surface area contributed by atoms with E-state index in [0.29, 0.717) is 16.6 Å². The van der Waals surface area contributed by atoms with Crippen LogP contribution in [-0.4, -0.2) is 29.5 Å². The fourth-order valence-electron chi connectivity index (χ4n) is 2.37. The lowest BCUT2D eigenvalue weighted by atomic mass is 9.99. The van der Waals surface area contributed by atoms with E-state index in [-0.39, 0.29) is 11.4 Å². The highest BCUT2D eigenvalue weighted by molar-refractivity contribution is 7.18. The van der Waals surface area contributed by atoms with Crippen molar-refractivity contribution in [3.05, 3.63) is 4.88 Å². The van der Waals surface area contributed by atoms with Gasteiger partial charge >= 0.3 is 0 Å². The minimum Gasteiger partial charge on any atom is -0.382 e. The molecule has 0 unspecified atom stereocenters. The van der Waals surface area contributed by atoms with Crippen LogP contribution in [-0.2, 0) is 0 Å². The van der Waals surface area contributed by atoms with Gasteiger partial charge < -0.3 is 16.0 Å². The highest BCUT2D eigenvalue weighted by atomic mass is 32.1. The number of hydrogen-bond donors (Lipinski definition) is 2. The van der Waals surface area contributed by atoms with Crippen molar-refractivity contribution in [1.82, 2.24) is 10.3 Å². The molecule has 0 aromatic carbocycles. The summed E-state index contributed by atoms with van der Waals surface area (Å²) < 4.78 is 0. The molecule has 1 aromatic heterocycles. The molecule has 1 amide bonds. The SMILES string of the molecule is CCN(CC)c1nc(N)c(C(=O)NC(C)(C)C2CC2)s1. The number of amides is 1. The predicted octanol–water partition coefficient (Wildman–Crippen LogP) is 2.49. The van der Waals surface area contributed by atoms with Crippen LogP contribution >= 0.6 is 11.3 Å². The largest absolute Gasteiger partial charge is 0.382 e. The summed E-state index contributed by atoms with van der Waals surface area (Å²) in [5, 5.41) is 3.92. The molecular formula is C14H24N4OS. The van der Waals surface area contributed by atoms with Gasteiger partial charge in [-0.15, -0.1) is 0 Å². The molecule has 0 spiro atoms. The topological polar surface area (TPSA) is 71.2 Å². The van der Waals surface area contributed by atoms with Gasteiger partial charge in [0.05, 0.1) is 0 Å². The number of carbonyl (C=O) groups excluding carboxylic acids is 1. The first kappa shape index (κ1) is 15.1. The van der Waals surface area contributed by atoms with Crippen LogP contribution in [0.3, 0.4) is 0 Å². The second-order valence-corrected chi connectivity index (χ2v) is 6.81. The maximum atomic E-state index is 12.4. The van der Waals surface area contributed by atoms with E-state index in [1.54, 1.807) is 0 Å². The highest BCUT2D eigenvalue weighted by Gasteiger charge is 2.39. The van der Waals surface area contributed by atoms with Gasteiger partial charge in [-0.2, -0.15) is 0 Å². The van der Waals surface area contributed by atoms with Gasteiger partial charge in [0.1, 0.15) is 10.7 Å². The van der Waals surface area contributed by atoms with Crippen molar-refractivity contribution in [2.75, 3.05) is 23.7 Å². The van der Waals surface area contributed by atoms with Crippen LogP contribution in [0.2, 0.25) is 0 Å². The Labute approximate surface area is 124 Å². The number of nitrogens with two attached hydrogens (primary N) is 1. The fraction of sp³-hybridized carbons (Fsp3) is 0.714. The van der Waals surface area contributed by atoms with Crippen molar-refractivity contribution in [3.8, 4) is 0 Å². The zero-order valence-electron chi connectivity index (χ0n) is 12.7. The molecule has 5 nitrogen and oxygen atoms in total. The molecule has 0 radical (unpaired) electrons. The number of nitrogens with one attached hydrogen (secondary N) is 1. The summed E-state index contributed by atoms with van der Waals surface area (Å²) in [5.41, 5.74) is 5.75. The normalized spacial score (nSPS) is 15.2. The van der Waals surface area contributed by atoms with E-state index in [4.69, 9.17) is 5.73 Å². The maximum Gasteiger partial charge on any atom is 0.265 e. The van der Waals surface area contributed by atoms with E-state index in [2.05, 4.69) is 42.9 Å². The van der Waals surface area contributed by atoms with Crippen LogP contribution in [0.1, 0.15) is 50.2 Å². The zero-order valence-corrected chi connectivity index (χ0v) is 13.5. The number of anilines is 2. The standard InChI is InChI=1S/C14H24N4OS/c1-5-18(6-2)13-16-11(15)10(20-13)12(19)17-14(3,4)9-7-8-9/h9H,5-8,15H2,1-4H3,(H,17,19). The zero-order chi connectivity index (χ0) is 14.9. The maximum absolute atomic E-state index is 12.4. The Morgan fingerprint density at radius 1 is 1.45 bits per heavy atom. The van der Waals surface area contributed by atoms with Crippen LogP contribution in [0.15, 0.2) is 0 Å². The van der Waals surface area contributed by atoms with Gasteiger partial charge in [-0.1, -0.05) is 11.3 Å². The number of thiazole rings is 1. The van der Waals surface area contributed by atoms with E-state index in [1.165, 1.54) is 24.2 Å². The Balaban J connectivity index is 2.13. The first-order valence-corrected chi connectivity index (χ1v) is 8.04. The summed E-state index contributed by atoms with van der Waals surface area (Å²) in [7, 11) is 0. The fourth-order valence-corrected chi connectivity index (χ4v) is 3.38. The average molecular weight is 296 g/mol. The monoisotopic (exact) mass is 296 g/mol. The average Bonchev–Trinajstić information content (AvgIpc) is 3.15. The molecule has 2 rings (SSSR count). The van der Waals surface area contributed by atoms with Gasteiger partial charge in [0.15, 0.2) is 5.13 Å². The van der Waals surface area contributed by atoms with Gasteiger partial charge in [0, 0.05) is 18.6 Å². The van der Waals surface area contributed by atoms with Crippen LogP contribution in [0.4, 0.5) is 10.9 Å². The molecule has 3 N–H and O–H groups in total. The molecular weight excluding hydrogens is 272 g/mol. The molecule has 1 aliphatic carbocycles. The van der Waals surface area contributed by atoms with Gasteiger partial charge in [-0.25, -0.2) is 4.98 Å². The molecule has 1 fully saturated rings. The van der Waals surface area contributed by atoms with E-state index in [9.17, 15) is 4.79 Å². The molecule has 1 aromatic rings. The molecule has 0 bridgehead atoms. The Hall–Kier alpha value is -1.30. The smallest absolute Gasteiger partial charge is 0.265 e. The second kappa shape index (κ2) is 5.60. The number of rotatable bonds is 6. The summed E-state index contributed by atoms with van der Waals surface area (Å²) >= 11 is 1.38. The highest BCUT2D eigenvalue weighted by Crippen LogP contribution is 2.39. The van der Waals surface area contributed by atoms with E-state index < -0.39 is 0 Å². The van der Waals surface area contributed by atoms with Crippen molar-refractivity contribution in [2.45, 2.75) is 46.1 Å². The Morgan fingerprint density at radius 2 is 2.05 bits per heavy atom. The van der Waals surface area contributed by atoms with Crippen LogP contribution in [0.25, 0.3) is 0 Å². The number of carbonyl (C=O) groups is 1. The summed E-state index contributed by atoms with van der Waals surface area (Å²) in [6, 6.07) is 0. The van der Waals surface area contributed by atoms with Gasteiger partial charge in [0.25, 0.3) is 5.91 Å². The predicted molar refractivity (Wildman–Crippen MR) is 84.4 cm³/mol. The lowest BCUT2D eigenvalue weighted by molar-refractivity contribution is 0.0908. The lowest BCUT2D eigenvalue weighted by Crippen LogP contribution is -2.45. The van der Waals surface area contributed by atoms with E-state index >= 15 is 0 Å². The number of nitrogens with zero attached hydrogens (tertiary/aromatic N) is 2. The van der Waals surface area contributed by atoms with E-state index in [0.717, 1.165) is 18.2 Å². The molecule has 0 saturated heterocycles. The Kier molecular flexibility index (Phi) is 4.22. The van der Waals surface area contributed by atoms with Crippen LogP contribution in [0.5, 0.6) is 0 Å². The second-order valence-electron chi connectivity index (χ2n) is 5.83. The van der Waals surface area contributed by atoms with Gasteiger partial charge in [-0.3, -0.25) is 4.79 Å². The number of nitrogen functional groups attached to an aromatic ring is 1. The van der Waals surface area contributed by atoms with Gasteiger partial charge in [-0.05, 0) is 46.5 Å². The molecule has 1 saturated carbocycles. The third kappa shape index (κ3) is 3.06. The molecule has 1 heterocycles. The quantitative estimate of drug-likeness (QED) is 0.846. The molecule has 112 valence electrons. The van der Waals surface area contributed by atoms with Crippen molar-refractivity contribution >= 4 is 28.2 Å². The third-order valence-corrected chi connectivity index (χ3v) is 5.05. The minimum absolute atomic E-state index is 0.102. The van der Waals surface area contributed by atoms with Crippen molar-refractivity contribution in [1.29, 1.82) is 0 Å². The summed E-state index contributed by atoms with van der Waals surface area (Å²) in [6.45, 7) is 10.0. The number of hydrogen-bond acceptors (Lipinski definition) is 5. The first-order chi connectivity index (χ1) is 9.39. The van der Waals surface area contributed by atoms with E-state index in [1.807, 2.05) is 0 Å². The number of aromatic nitrogens is 1. The summed E-state index contributed by atoms with van der Waals surface area (Å²) in [6.07, 6.45) is 2.38. The lowest BCUT2D eigenvalue weighted by Gasteiger charge is -2.25. The summed E-state index contributed by atoms with van der Waals surface area (Å²) in [4.78, 5) is 19.3. The van der Waals surface area contributed by atoms with Gasteiger partial charge in [0.2, 0.25) is 0 Å². The van der Waals surface area contributed by atoms with Crippen molar-refractivity contribution in [3.63, 3.8) is 0 Å². The summed E-state index contributed by atoms with van der Waals surface area (Å²) in [5.74, 6) is 0.819. The Morgan fingerprint density at radius 3 is 2.55 bits per heavy atom.